The van der Waals surface area contributed by atoms with E-state index in [4.69, 9.17) is 0 Å². The van der Waals surface area contributed by atoms with Crippen LogP contribution in [0.15, 0.2) is 22.7 Å². The van der Waals surface area contributed by atoms with Crippen molar-refractivity contribution in [3.63, 3.8) is 0 Å². The number of hydrogen-bond donors (Lipinski definition) is 1. The molecule has 0 radical (unpaired) electrons. The van der Waals surface area contributed by atoms with Crippen LogP contribution in [0.25, 0.3) is 0 Å². The van der Waals surface area contributed by atoms with Gasteiger partial charge in [0, 0.05) is 4.47 Å². The number of benzene rings is 1. The molecule has 14 heavy (non-hydrogen) atoms. The Kier molecular flexibility index (Phi) is 3.89. The highest BCUT2D eigenvalue weighted by atomic mass is 79.9. The summed E-state index contributed by atoms with van der Waals surface area (Å²) in [5, 5.41) is 0. The minimum Gasteiger partial charge on any atom is -0.179 e. The van der Waals surface area contributed by atoms with Crippen molar-refractivity contribution >= 4 is 28.6 Å². The van der Waals surface area contributed by atoms with Gasteiger partial charge in [0.05, 0.1) is 5.56 Å². The lowest BCUT2D eigenvalue weighted by atomic mass is 10.1. The zero-order valence-corrected chi connectivity index (χ0v) is 9.59. The predicted octanol–water partition coefficient (Wildman–Crippen LogP) is 3.94. The van der Waals surface area contributed by atoms with Gasteiger partial charge in [-0.1, -0.05) is 15.9 Å². The summed E-state index contributed by atoms with van der Waals surface area (Å²) in [6, 6.07) is 3.63. The van der Waals surface area contributed by atoms with Gasteiger partial charge in [0.25, 0.3) is 0 Å². The third-order valence-electron chi connectivity index (χ3n) is 1.75. The summed E-state index contributed by atoms with van der Waals surface area (Å²) < 4.78 is 37.6. The topological polar surface area (TPSA) is 0 Å². The average molecular weight is 285 g/mol. The van der Waals surface area contributed by atoms with E-state index in [0.29, 0.717) is 22.2 Å². The van der Waals surface area contributed by atoms with E-state index >= 15 is 0 Å². The average Bonchev–Trinajstić information content (AvgIpc) is 2.07. The second-order valence-corrected chi connectivity index (χ2v) is 4.08. The van der Waals surface area contributed by atoms with E-state index < -0.39 is 11.7 Å². The van der Waals surface area contributed by atoms with Crippen molar-refractivity contribution < 1.29 is 13.2 Å². The zero-order chi connectivity index (χ0) is 10.8. The van der Waals surface area contributed by atoms with Crippen molar-refractivity contribution in [2.24, 2.45) is 0 Å². The molecule has 1 aromatic carbocycles. The number of hydrogen-bond acceptors (Lipinski definition) is 1. The van der Waals surface area contributed by atoms with Crippen molar-refractivity contribution in [2.75, 3.05) is 5.75 Å². The van der Waals surface area contributed by atoms with E-state index in [1.165, 1.54) is 6.07 Å². The van der Waals surface area contributed by atoms with E-state index in [-0.39, 0.29) is 0 Å². The molecule has 0 aliphatic rings. The molecule has 0 spiro atoms. The van der Waals surface area contributed by atoms with Crippen molar-refractivity contribution in [3.05, 3.63) is 33.8 Å². The molecule has 0 unspecified atom stereocenters. The fourth-order valence-electron chi connectivity index (χ4n) is 1.06. The summed E-state index contributed by atoms with van der Waals surface area (Å²) in [7, 11) is 0. The van der Waals surface area contributed by atoms with Crippen LogP contribution in [0.3, 0.4) is 0 Å². The molecule has 0 saturated carbocycles. The Morgan fingerprint density at radius 2 is 1.93 bits per heavy atom. The van der Waals surface area contributed by atoms with Crippen molar-refractivity contribution in [1.82, 2.24) is 0 Å². The highest BCUT2D eigenvalue weighted by molar-refractivity contribution is 9.10. The summed E-state index contributed by atoms with van der Waals surface area (Å²) in [4.78, 5) is 0. The summed E-state index contributed by atoms with van der Waals surface area (Å²) in [6.07, 6.45) is -3.75. The Balaban J connectivity index is 3.06. The van der Waals surface area contributed by atoms with E-state index in [1.54, 1.807) is 0 Å². The number of halogens is 4. The van der Waals surface area contributed by atoms with Gasteiger partial charge in [-0.15, -0.1) is 0 Å². The van der Waals surface area contributed by atoms with Crippen LogP contribution >= 0.6 is 28.6 Å². The standard InChI is InChI=1S/C9H8BrF3S/c10-8-2-1-7(9(11,12)13)5-6(8)3-4-14/h1-2,5,14H,3-4H2. The molecule has 5 heteroatoms. The van der Waals surface area contributed by atoms with Gasteiger partial charge in [-0.2, -0.15) is 25.8 Å². The minimum absolute atomic E-state index is 0.521. The van der Waals surface area contributed by atoms with Gasteiger partial charge in [0.1, 0.15) is 0 Å². The maximum Gasteiger partial charge on any atom is 0.416 e. The van der Waals surface area contributed by atoms with Crippen molar-refractivity contribution in [3.8, 4) is 0 Å². The van der Waals surface area contributed by atoms with Crippen LogP contribution in [-0.4, -0.2) is 5.75 Å². The first-order valence-corrected chi connectivity index (χ1v) is 5.34. The molecule has 0 saturated heterocycles. The predicted molar refractivity (Wildman–Crippen MR) is 56.7 cm³/mol. The van der Waals surface area contributed by atoms with E-state index in [2.05, 4.69) is 28.6 Å². The first-order chi connectivity index (χ1) is 6.45. The second-order valence-electron chi connectivity index (χ2n) is 2.78. The molecular weight excluding hydrogens is 277 g/mol. The molecule has 0 atom stereocenters. The summed E-state index contributed by atoms with van der Waals surface area (Å²) in [6.45, 7) is 0. The number of aryl methyl sites for hydroxylation is 1. The molecule has 0 amide bonds. The van der Waals surface area contributed by atoms with Gasteiger partial charge < -0.3 is 0 Å². The second kappa shape index (κ2) is 4.57. The Bertz CT molecular complexity index is 322. The lowest BCUT2D eigenvalue weighted by molar-refractivity contribution is -0.137. The molecule has 0 heterocycles. The maximum atomic E-state index is 12.3. The van der Waals surface area contributed by atoms with Crippen LogP contribution in [0.1, 0.15) is 11.1 Å². The zero-order valence-electron chi connectivity index (χ0n) is 7.11. The molecular formula is C9H8BrF3S. The Hall–Kier alpha value is -0.160. The molecule has 1 aromatic rings. The molecule has 0 aliphatic heterocycles. The lowest BCUT2D eigenvalue weighted by Gasteiger charge is -2.09. The molecule has 0 nitrogen and oxygen atoms in total. The highest BCUT2D eigenvalue weighted by Crippen LogP contribution is 2.32. The minimum atomic E-state index is -4.27. The molecule has 0 N–H and O–H groups in total. The highest BCUT2D eigenvalue weighted by Gasteiger charge is 2.30. The molecule has 78 valence electrons. The molecule has 0 aromatic heterocycles. The summed E-state index contributed by atoms with van der Waals surface area (Å²) in [5.41, 5.74) is 0.0207. The molecule has 1 rings (SSSR count). The Labute approximate surface area is 94.0 Å². The van der Waals surface area contributed by atoms with Gasteiger partial charge >= 0.3 is 6.18 Å². The normalized spacial score (nSPS) is 11.8. The van der Waals surface area contributed by atoms with E-state index in [0.717, 1.165) is 12.1 Å². The number of rotatable bonds is 2. The van der Waals surface area contributed by atoms with Crippen molar-refractivity contribution in [1.29, 1.82) is 0 Å². The van der Waals surface area contributed by atoms with Gasteiger partial charge in [-0.05, 0) is 35.9 Å². The fraction of sp³-hybridized carbons (Fsp3) is 0.333. The van der Waals surface area contributed by atoms with Crippen LogP contribution in [0.2, 0.25) is 0 Å². The quantitative estimate of drug-likeness (QED) is 0.782. The number of alkyl halides is 3. The third-order valence-corrected chi connectivity index (χ3v) is 2.75. The first kappa shape index (κ1) is 11.9. The monoisotopic (exact) mass is 284 g/mol. The third kappa shape index (κ3) is 2.92. The van der Waals surface area contributed by atoms with Crippen LogP contribution in [-0.2, 0) is 12.6 Å². The molecule has 0 bridgehead atoms. The van der Waals surface area contributed by atoms with Crippen LogP contribution in [0.4, 0.5) is 13.2 Å². The maximum absolute atomic E-state index is 12.3. The largest absolute Gasteiger partial charge is 0.416 e. The van der Waals surface area contributed by atoms with Crippen molar-refractivity contribution in [2.45, 2.75) is 12.6 Å². The van der Waals surface area contributed by atoms with Crippen LogP contribution in [0.5, 0.6) is 0 Å². The lowest BCUT2D eigenvalue weighted by Crippen LogP contribution is -2.05. The Morgan fingerprint density at radius 1 is 1.29 bits per heavy atom. The number of thiol groups is 1. The summed E-state index contributed by atoms with van der Waals surface area (Å²) in [5.74, 6) is 0.528. The summed E-state index contributed by atoms with van der Waals surface area (Å²) >= 11 is 7.18. The van der Waals surface area contributed by atoms with Gasteiger partial charge in [0.15, 0.2) is 0 Å². The fourth-order valence-corrected chi connectivity index (χ4v) is 1.75. The van der Waals surface area contributed by atoms with Gasteiger partial charge in [-0.25, -0.2) is 0 Å². The first-order valence-electron chi connectivity index (χ1n) is 3.91. The van der Waals surface area contributed by atoms with Crippen LogP contribution in [0, 0.1) is 0 Å². The van der Waals surface area contributed by atoms with Gasteiger partial charge in [-0.3, -0.25) is 0 Å². The van der Waals surface area contributed by atoms with Gasteiger partial charge in [0.2, 0.25) is 0 Å². The smallest absolute Gasteiger partial charge is 0.179 e. The molecule has 0 fully saturated rings. The molecule has 0 aliphatic carbocycles. The van der Waals surface area contributed by atoms with E-state index in [1.807, 2.05) is 0 Å². The SMILES string of the molecule is FC(F)(F)c1ccc(Br)c(CCS)c1. The van der Waals surface area contributed by atoms with Crippen LogP contribution < -0.4 is 0 Å². The Morgan fingerprint density at radius 3 is 2.43 bits per heavy atom. The van der Waals surface area contributed by atoms with E-state index in [9.17, 15) is 13.2 Å².